The summed E-state index contributed by atoms with van der Waals surface area (Å²) >= 11 is 0. The molecule has 4 heteroatoms. The van der Waals surface area contributed by atoms with Crippen LogP contribution in [0.25, 0.3) is 10.9 Å². The third-order valence-corrected chi connectivity index (χ3v) is 4.13. The van der Waals surface area contributed by atoms with Gasteiger partial charge < -0.3 is 10.4 Å². The van der Waals surface area contributed by atoms with Crippen LogP contribution < -0.4 is 5.32 Å². The number of hydrogen-bond acceptors (Lipinski definition) is 4. The van der Waals surface area contributed by atoms with Gasteiger partial charge in [0, 0.05) is 18.5 Å². The molecule has 0 bridgehead atoms. The van der Waals surface area contributed by atoms with Crippen molar-refractivity contribution >= 4 is 16.7 Å². The van der Waals surface area contributed by atoms with E-state index < -0.39 is 0 Å². The Labute approximate surface area is 112 Å². The number of rotatable bonds is 4. The Bertz CT molecular complexity index is 553. The smallest absolute Gasteiger partial charge is 0.137 e. The zero-order valence-corrected chi connectivity index (χ0v) is 10.9. The van der Waals surface area contributed by atoms with Gasteiger partial charge in [-0.25, -0.2) is 9.97 Å². The third kappa shape index (κ3) is 2.54. The second kappa shape index (κ2) is 5.53. The zero-order valence-electron chi connectivity index (χ0n) is 10.9. The highest BCUT2D eigenvalue weighted by Crippen LogP contribution is 2.31. The van der Waals surface area contributed by atoms with Gasteiger partial charge in [0.25, 0.3) is 0 Å². The highest BCUT2D eigenvalue weighted by molar-refractivity contribution is 5.88. The van der Waals surface area contributed by atoms with E-state index in [4.69, 9.17) is 0 Å². The first-order chi connectivity index (χ1) is 9.38. The average Bonchev–Trinajstić information content (AvgIpc) is 2.92. The van der Waals surface area contributed by atoms with Gasteiger partial charge in [0.1, 0.15) is 12.1 Å². The molecule has 2 atom stereocenters. The molecule has 19 heavy (non-hydrogen) atoms. The second-order valence-corrected chi connectivity index (χ2v) is 5.25. The van der Waals surface area contributed by atoms with Gasteiger partial charge in [0.2, 0.25) is 0 Å². The summed E-state index contributed by atoms with van der Waals surface area (Å²) in [6, 6.07) is 8.02. The maximum absolute atomic E-state index is 9.35. The largest absolute Gasteiger partial charge is 0.396 e. The van der Waals surface area contributed by atoms with E-state index in [2.05, 4.69) is 15.3 Å². The van der Waals surface area contributed by atoms with E-state index in [9.17, 15) is 5.11 Å². The van der Waals surface area contributed by atoms with E-state index in [0.717, 1.165) is 29.7 Å². The van der Waals surface area contributed by atoms with Gasteiger partial charge in [-0.1, -0.05) is 18.6 Å². The molecule has 1 aliphatic rings. The molecular formula is C15H19N3O. The number of hydrogen-bond donors (Lipinski definition) is 2. The van der Waals surface area contributed by atoms with E-state index >= 15 is 0 Å². The van der Waals surface area contributed by atoms with E-state index in [-0.39, 0.29) is 0 Å². The quantitative estimate of drug-likeness (QED) is 0.883. The Hall–Kier alpha value is -1.68. The van der Waals surface area contributed by atoms with Crippen molar-refractivity contribution in [2.75, 3.05) is 18.5 Å². The first-order valence-electron chi connectivity index (χ1n) is 6.93. The molecule has 2 unspecified atom stereocenters. The van der Waals surface area contributed by atoms with Gasteiger partial charge in [-0.15, -0.1) is 0 Å². The number of nitrogens with one attached hydrogen (secondary N) is 1. The lowest BCUT2D eigenvalue weighted by Crippen LogP contribution is -2.21. The number of benzene rings is 1. The van der Waals surface area contributed by atoms with Gasteiger partial charge in [-0.05, 0) is 36.8 Å². The van der Waals surface area contributed by atoms with Crippen molar-refractivity contribution in [1.82, 2.24) is 9.97 Å². The number of para-hydroxylation sites is 1. The molecule has 0 saturated heterocycles. The number of aromatic nitrogens is 2. The fourth-order valence-corrected chi connectivity index (χ4v) is 3.00. The van der Waals surface area contributed by atoms with E-state index in [1.54, 1.807) is 6.33 Å². The molecule has 0 radical (unpaired) electrons. The molecule has 1 heterocycles. The van der Waals surface area contributed by atoms with Gasteiger partial charge in [0.05, 0.1) is 5.52 Å². The summed E-state index contributed by atoms with van der Waals surface area (Å²) in [6.07, 6.45) is 5.17. The van der Waals surface area contributed by atoms with E-state index in [0.29, 0.717) is 18.4 Å². The molecule has 1 aromatic heterocycles. The Kier molecular flexibility index (Phi) is 3.60. The number of fused-ring (bicyclic) bond motifs is 1. The summed E-state index contributed by atoms with van der Waals surface area (Å²) in [5, 5.41) is 13.8. The van der Waals surface area contributed by atoms with Crippen molar-refractivity contribution in [3.05, 3.63) is 30.6 Å². The molecule has 4 nitrogen and oxygen atoms in total. The van der Waals surface area contributed by atoms with Crippen LogP contribution in [0.15, 0.2) is 30.6 Å². The highest BCUT2D eigenvalue weighted by Gasteiger charge is 2.26. The molecule has 3 rings (SSSR count). The Morgan fingerprint density at radius 1 is 1.16 bits per heavy atom. The topological polar surface area (TPSA) is 58.0 Å². The SMILES string of the molecule is OCC1CCCC1CNc1ncnc2ccccc12. The van der Waals surface area contributed by atoms with Crippen LogP contribution in [0.2, 0.25) is 0 Å². The molecule has 0 spiro atoms. The maximum Gasteiger partial charge on any atom is 0.137 e. The second-order valence-electron chi connectivity index (χ2n) is 5.25. The molecule has 0 amide bonds. The summed E-state index contributed by atoms with van der Waals surface area (Å²) < 4.78 is 0. The summed E-state index contributed by atoms with van der Waals surface area (Å²) in [5.74, 6) is 1.90. The molecule has 1 aromatic carbocycles. The minimum absolute atomic E-state index is 0.302. The fourth-order valence-electron chi connectivity index (χ4n) is 3.00. The number of anilines is 1. The Morgan fingerprint density at radius 2 is 2.00 bits per heavy atom. The predicted molar refractivity (Wildman–Crippen MR) is 75.9 cm³/mol. The van der Waals surface area contributed by atoms with Crippen molar-refractivity contribution in [2.24, 2.45) is 11.8 Å². The normalized spacial score (nSPS) is 22.8. The van der Waals surface area contributed by atoms with E-state index in [1.165, 1.54) is 12.8 Å². The van der Waals surface area contributed by atoms with Crippen LogP contribution in [0.3, 0.4) is 0 Å². The van der Waals surface area contributed by atoms with Gasteiger partial charge in [-0.3, -0.25) is 0 Å². The number of nitrogens with zero attached hydrogens (tertiary/aromatic N) is 2. The average molecular weight is 257 g/mol. The summed E-state index contributed by atoms with van der Waals surface area (Å²) in [6.45, 7) is 1.18. The molecule has 2 aromatic rings. The van der Waals surface area contributed by atoms with Crippen LogP contribution in [0.5, 0.6) is 0 Å². The molecular weight excluding hydrogens is 238 g/mol. The lowest BCUT2D eigenvalue weighted by molar-refractivity contribution is 0.199. The Morgan fingerprint density at radius 3 is 2.89 bits per heavy atom. The van der Waals surface area contributed by atoms with Crippen molar-refractivity contribution in [2.45, 2.75) is 19.3 Å². The van der Waals surface area contributed by atoms with Crippen molar-refractivity contribution < 1.29 is 5.11 Å². The van der Waals surface area contributed by atoms with Crippen LogP contribution in [0.4, 0.5) is 5.82 Å². The zero-order chi connectivity index (χ0) is 13.1. The first kappa shape index (κ1) is 12.4. The van der Waals surface area contributed by atoms with Crippen LogP contribution in [0.1, 0.15) is 19.3 Å². The van der Waals surface area contributed by atoms with Crippen LogP contribution in [0, 0.1) is 11.8 Å². The fraction of sp³-hybridized carbons (Fsp3) is 0.467. The number of aliphatic hydroxyl groups excluding tert-OH is 1. The van der Waals surface area contributed by atoms with Crippen molar-refractivity contribution in [3.8, 4) is 0 Å². The van der Waals surface area contributed by atoms with Crippen molar-refractivity contribution in [3.63, 3.8) is 0 Å². The molecule has 1 aliphatic carbocycles. The van der Waals surface area contributed by atoms with E-state index in [1.807, 2.05) is 24.3 Å². The van der Waals surface area contributed by atoms with Crippen LogP contribution in [-0.2, 0) is 0 Å². The summed E-state index contributed by atoms with van der Waals surface area (Å²) in [5.41, 5.74) is 0.963. The first-order valence-corrected chi connectivity index (χ1v) is 6.93. The maximum atomic E-state index is 9.35. The van der Waals surface area contributed by atoms with Gasteiger partial charge in [0.15, 0.2) is 0 Å². The highest BCUT2D eigenvalue weighted by atomic mass is 16.3. The molecule has 100 valence electrons. The third-order valence-electron chi connectivity index (χ3n) is 4.13. The minimum atomic E-state index is 0.302. The predicted octanol–water partition coefficient (Wildman–Crippen LogP) is 2.45. The van der Waals surface area contributed by atoms with Crippen LogP contribution in [-0.4, -0.2) is 28.2 Å². The number of aliphatic hydroxyl groups is 1. The molecule has 1 fully saturated rings. The lowest BCUT2D eigenvalue weighted by Gasteiger charge is -2.18. The van der Waals surface area contributed by atoms with Gasteiger partial charge >= 0.3 is 0 Å². The summed E-state index contributed by atoms with van der Waals surface area (Å²) in [7, 11) is 0. The standard InChI is InChI=1S/C15H19N3O/c19-9-12-5-3-4-11(12)8-16-15-13-6-1-2-7-14(13)17-10-18-15/h1-2,6-7,10-12,19H,3-5,8-9H2,(H,16,17,18). The Balaban J connectivity index is 1.75. The minimum Gasteiger partial charge on any atom is -0.396 e. The van der Waals surface area contributed by atoms with Crippen molar-refractivity contribution in [1.29, 1.82) is 0 Å². The molecule has 2 N–H and O–H groups in total. The molecule has 1 saturated carbocycles. The monoisotopic (exact) mass is 257 g/mol. The summed E-state index contributed by atoms with van der Waals surface area (Å²) in [4.78, 5) is 8.60. The molecule has 0 aliphatic heterocycles. The lowest BCUT2D eigenvalue weighted by atomic mass is 9.97. The van der Waals surface area contributed by atoms with Gasteiger partial charge in [-0.2, -0.15) is 0 Å². The van der Waals surface area contributed by atoms with Crippen LogP contribution >= 0.6 is 0 Å².